The summed E-state index contributed by atoms with van der Waals surface area (Å²) in [5.74, 6) is -0.273. The number of carbonyl (C=O) groups is 2. The third-order valence-corrected chi connectivity index (χ3v) is 3.89. The number of nitrogens with one attached hydrogen (secondary N) is 1. The van der Waals surface area contributed by atoms with Gasteiger partial charge in [0, 0.05) is 13.0 Å². The van der Waals surface area contributed by atoms with Crippen LogP contribution in [0.15, 0.2) is 0 Å². The Morgan fingerprint density at radius 1 is 1.16 bits per heavy atom. The van der Waals surface area contributed by atoms with Crippen LogP contribution in [-0.4, -0.2) is 23.5 Å². The number of carboxylic acids is 1. The van der Waals surface area contributed by atoms with Gasteiger partial charge in [-0.2, -0.15) is 0 Å². The van der Waals surface area contributed by atoms with Crippen LogP contribution in [0, 0.1) is 17.3 Å². The zero-order valence-electron chi connectivity index (χ0n) is 12.4. The summed E-state index contributed by atoms with van der Waals surface area (Å²) in [5, 5.41) is 11.9. The van der Waals surface area contributed by atoms with Crippen molar-refractivity contribution in [1.82, 2.24) is 5.32 Å². The molecule has 0 aliphatic heterocycles. The molecule has 1 rings (SSSR count). The minimum atomic E-state index is -0.673. The molecule has 1 saturated carbocycles. The van der Waals surface area contributed by atoms with Crippen molar-refractivity contribution in [3.63, 3.8) is 0 Å². The molecule has 0 bridgehead atoms. The van der Waals surface area contributed by atoms with Gasteiger partial charge in [0.05, 0.1) is 5.92 Å². The summed E-state index contributed by atoms with van der Waals surface area (Å²) in [5.41, 5.74) is 0.191. The standard InChI is InChI=1S/C15H27NO3/c1-15(2,3)9-8-13(17)16-10-11-4-6-12(7-5-11)14(18)19/h11-12H,4-10H2,1-3H3,(H,16,17)(H,18,19). The average Bonchev–Trinajstić information content (AvgIpc) is 2.33. The summed E-state index contributed by atoms with van der Waals surface area (Å²) in [7, 11) is 0. The first kappa shape index (κ1) is 16.0. The van der Waals surface area contributed by atoms with Gasteiger partial charge >= 0.3 is 5.97 Å². The molecule has 19 heavy (non-hydrogen) atoms. The first-order valence-corrected chi connectivity index (χ1v) is 7.27. The number of amides is 1. The molecule has 1 aliphatic carbocycles. The van der Waals surface area contributed by atoms with Crippen LogP contribution in [0.5, 0.6) is 0 Å². The van der Waals surface area contributed by atoms with Crippen molar-refractivity contribution in [3.8, 4) is 0 Å². The molecule has 2 N–H and O–H groups in total. The summed E-state index contributed by atoms with van der Waals surface area (Å²) >= 11 is 0. The number of carboxylic acid groups (broad SMARTS) is 1. The molecule has 0 heterocycles. The van der Waals surface area contributed by atoms with Gasteiger partial charge in [-0.25, -0.2) is 0 Å². The number of hydrogen-bond acceptors (Lipinski definition) is 2. The molecule has 0 radical (unpaired) electrons. The van der Waals surface area contributed by atoms with Crippen LogP contribution in [0.2, 0.25) is 0 Å². The van der Waals surface area contributed by atoms with E-state index in [-0.39, 0.29) is 17.2 Å². The van der Waals surface area contributed by atoms with Gasteiger partial charge in [-0.15, -0.1) is 0 Å². The maximum atomic E-state index is 11.7. The topological polar surface area (TPSA) is 66.4 Å². The molecule has 4 nitrogen and oxygen atoms in total. The Morgan fingerprint density at radius 2 is 1.74 bits per heavy atom. The molecular weight excluding hydrogens is 242 g/mol. The monoisotopic (exact) mass is 269 g/mol. The van der Waals surface area contributed by atoms with Gasteiger partial charge in [0.15, 0.2) is 0 Å². The molecule has 0 saturated heterocycles. The number of rotatable bonds is 5. The normalized spacial score (nSPS) is 23.9. The summed E-state index contributed by atoms with van der Waals surface area (Å²) < 4.78 is 0. The van der Waals surface area contributed by atoms with Crippen LogP contribution in [0.4, 0.5) is 0 Å². The molecule has 0 spiro atoms. The van der Waals surface area contributed by atoms with E-state index in [1.807, 2.05) is 0 Å². The Hall–Kier alpha value is -1.06. The van der Waals surface area contributed by atoms with Crippen molar-refractivity contribution in [2.24, 2.45) is 17.3 Å². The van der Waals surface area contributed by atoms with E-state index in [1.54, 1.807) is 0 Å². The fraction of sp³-hybridized carbons (Fsp3) is 0.867. The second-order valence-electron chi connectivity index (χ2n) is 6.92. The second kappa shape index (κ2) is 6.92. The molecule has 0 aromatic carbocycles. The van der Waals surface area contributed by atoms with Crippen molar-refractivity contribution >= 4 is 11.9 Å². The molecule has 0 aromatic rings. The SMILES string of the molecule is CC(C)(C)CCC(=O)NCC1CCC(C(=O)O)CC1. The summed E-state index contributed by atoms with van der Waals surface area (Å²) in [6, 6.07) is 0. The lowest BCUT2D eigenvalue weighted by molar-refractivity contribution is -0.143. The van der Waals surface area contributed by atoms with E-state index in [0.717, 1.165) is 32.1 Å². The number of aliphatic carboxylic acids is 1. The lowest BCUT2D eigenvalue weighted by Crippen LogP contribution is -2.32. The van der Waals surface area contributed by atoms with Crippen molar-refractivity contribution in [2.45, 2.75) is 59.3 Å². The fourth-order valence-corrected chi connectivity index (χ4v) is 2.45. The van der Waals surface area contributed by atoms with Crippen LogP contribution >= 0.6 is 0 Å². The van der Waals surface area contributed by atoms with Gasteiger partial charge in [0.25, 0.3) is 0 Å². The summed E-state index contributed by atoms with van der Waals surface area (Å²) in [4.78, 5) is 22.5. The Labute approximate surface area is 116 Å². The van der Waals surface area contributed by atoms with Gasteiger partial charge in [-0.1, -0.05) is 20.8 Å². The lowest BCUT2D eigenvalue weighted by Gasteiger charge is -2.26. The van der Waals surface area contributed by atoms with Crippen molar-refractivity contribution in [2.75, 3.05) is 6.54 Å². The first-order valence-electron chi connectivity index (χ1n) is 7.27. The summed E-state index contributed by atoms with van der Waals surface area (Å²) in [6.07, 6.45) is 4.79. The van der Waals surface area contributed by atoms with Crippen LogP contribution in [0.25, 0.3) is 0 Å². The highest BCUT2D eigenvalue weighted by atomic mass is 16.4. The van der Waals surface area contributed by atoms with E-state index in [1.165, 1.54) is 0 Å². The average molecular weight is 269 g/mol. The fourth-order valence-electron chi connectivity index (χ4n) is 2.45. The molecule has 1 aliphatic rings. The first-order chi connectivity index (χ1) is 8.78. The van der Waals surface area contributed by atoms with Crippen molar-refractivity contribution in [3.05, 3.63) is 0 Å². The largest absolute Gasteiger partial charge is 0.481 e. The third-order valence-electron chi connectivity index (χ3n) is 3.89. The van der Waals surface area contributed by atoms with Gasteiger partial charge in [0.1, 0.15) is 0 Å². The van der Waals surface area contributed by atoms with Gasteiger partial charge in [-0.05, 0) is 43.4 Å². The molecule has 110 valence electrons. The molecular formula is C15H27NO3. The third kappa shape index (κ3) is 6.60. The Kier molecular flexibility index (Phi) is 5.83. The molecule has 0 unspecified atom stereocenters. The van der Waals surface area contributed by atoms with E-state index in [0.29, 0.717) is 18.9 Å². The molecule has 0 aromatic heterocycles. The molecule has 0 atom stereocenters. The van der Waals surface area contributed by atoms with Gasteiger partial charge in [0.2, 0.25) is 5.91 Å². The molecule has 4 heteroatoms. The Bertz CT molecular complexity index is 312. The molecule has 1 fully saturated rings. The van der Waals surface area contributed by atoms with Crippen LogP contribution in [0.1, 0.15) is 59.3 Å². The van der Waals surface area contributed by atoms with Gasteiger partial charge in [-0.3, -0.25) is 9.59 Å². The maximum Gasteiger partial charge on any atom is 0.306 e. The van der Waals surface area contributed by atoms with Crippen LogP contribution < -0.4 is 5.32 Å². The van der Waals surface area contributed by atoms with E-state index in [9.17, 15) is 9.59 Å². The maximum absolute atomic E-state index is 11.7. The smallest absolute Gasteiger partial charge is 0.306 e. The van der Waals surface area contributed by atoms with E-state index in [4.69, 9.17) is 5.11 Å². The van der Waals surface area contributed by atoms with Crippen molar-refractivity contribution in [1.29, 1.82) is 0 Å². The highest BCUT2D eigenvalue weighted by Gasteiger charge is 2.26. The van der Waals surface area contributed by atoms with Gasteiger partial charge < -0.3 is 10.4 Å². The zero-order valence-corrected chi connectivity index (χ0v) is 12.4. The number of carbonyl (C=O) groups excluding carboxylic acids is 1. The highest BCUT2D eigenvalue weighted by molar-refractivity contribution is 5.75. The Morgan fingerprint density at radius 3 is 2.21 bits per heavy atom. The minimum Gasteiger partial charge on any atom is -0.481 e. The quantitative estimate of drug-likeness (QED) is 0.806. The molecule has 1 amide bonds. The van der Waals surface area contributed by atoms with E-state index in [2.05, 4.69) is 26.1 Å². The Balaban J connectivity index is 2.17. The van der Waals surface area contributed by atoms with Crippen LogP contribution in [-0.2, 0) is 9.59 Å². The van der Waals surface area contributed by atoms with Crippen molar-refractivity contribution < 1.29 is 14.7 Å². The predicted octanol–water partition coefficient (Wildman–Crippen LogP) is 2.82. The van der Waals surface area contributed by atoms with E-state index >= 15 is 0 Å². The number of hydrogen-bond donors (Lipinski definition) is 2. The predicted molar refractivity (Wildman–Crippen MR) is 74.8 cm³/mol. The zero-order chi connectivity index (χ0) is 14.5. The summed E-state index contributed by atoms with van der Waals surface area (Å²) in [6.45, 7) is 7.10. The van der Waals surface area contributed by atoms with E-state index < -0.39 is 5.97 Å². The minimum absolute atomic E-state index is 0.121. The lowest BCUT2D eigenvalue weighted by atomic mass is 9.82. The second-order valence-corrected chi connectivity index (χ2v) is 6.92. The highest BCUT2D eigenvalue weighted by Crippen LogP contribution is 2.28. The van der Waals surface area contributed by atoms with Crippen LogP contribution in [0.3, 0.4) is 0 Å².